The van der Waals surface area contributed by atoms with Crippen LogP contribution in [-0.2, 0) is 23.9 Å². The third-order valence-electron chi connectivity index (χ3n) is 4.34. The Balaban J connectivity index is 1.76. The number of methoxy groups -OCH3 is 1. The average Bonchev–Trinajstić information content (AvgIpc) is 2.70. The summed E-state index contributed by atoms with van der Waals surface area (Å²) >= 11 is 0. The molecule has 0 aromatic heterocycles. The van der Waals surface area contributed by atoms with Gasteiger partial charge in [-0.05, 0) is 31.9 Å². The maximum atomic E-state index is 12.2. The van der Waals surface area contributed by atoms with Gasteiger partial charge in [0.1, 0.15) is 5.75 Å². The second-order valence-electron chi connectivity index (χ2n) is 6.09. The zero-order valence-electron chi connectivity index (χ0n) is 15.7. The van der Waals surface area contributed by atoms with Crippen molar-refractivity contribution in [3.8, 4) is 5.75 Å². The molecule has 2 rings (SSSR count). The number of hydrogen-bond acceptors (Lipinski definition) is 6. The van der Waals surface area contributed by atoms with Crippen LogP contribution >= 0.6 is 0 Å². The molecule has 0 unspecified atom stereocenters. The summed E-state index contributed by atoms with van der Waals surface area (Å²) < 4.78 is 15.2. The van der Waals surface area contributed by atoms with E-state index in [9.17, 15) is 14.4 Å². The molecule has 0 spiro atoms. The average molecular weight is 375 g/mol. The topological polar surface area (TPSA) is 82.1 Å². The Morgan fingerprint density at radius 2 is 1.85 bits per heavy atom. The fraction of sp³-hybridized carbons (Fsp3) is 0.450. The second kappa shape index (κ2) is 10.4. The number of amides is 1. The number of para-hydroxylation sites is 1. The molecule has 7 nitrogen and oxygen atoms in total. The van der Waals surface area contributed by atoms with Crippen LogP contribution in [0.2, 0.25) is 0 Å². The first-order chi connectivity index (χ1) is 13.0. The lowest BCUT2D eigenvalue weighted by molar-refractivity contribution is -0.153. The highest BCUT2D eigenvalue weighted by atomic mass is 16.5. The summed E-state index contributed by atoms with van der Waals surface area (Å²) in [5.41, 5.74) is 0.740. The van der Waals surface area contributed by atoms with Crippen LogP contribution in [0.4, 0.5) is 0 Å². The Labute approximate surface area is 158 Å². The number of hydrogen-bond donors (Lipinski definition) is 0. The van der Waals surface area contributed by atoms with Crippen LogP contribution in [-0.4, -0.2) is 56.2 Å². The van der Waals surface area contributed by atoms with E-state index in [4.69, 9.17) is 14.2 Å². The summed E-state index contributed by atoms with van der Waals surface area (Å²) in [6.45, 7) is 2.72. The number of nitrogens with zero attached hydrogens (tertiary/aromatic N) is 1. The van der Waals surface area contributed by atoms with Crippen molar-refractivity contribution in [1.82, 2.24) is 4.90 Å². The summed E-state index contributed by atoms with van der Waals surface area (Å²) in [7, 11) is 1.55. The van der Waals surface area contributed by atoms with Crippen molar-refractivity contribution < 1.29 is 28.6 Å². The van der Waals surface area contributed by atoms with Crippen molar-refractivity contribution in [1.29, 1.82) is 0 Å². The van der Waals surface area contributed by atoms with Gasteiger partial charge in [-0.1, -0.05) is 18.2 Å². The van der Waals surface area contributed by atoms with E-state index in [0.717, 1.165) is 5.56 Å². The van der Waals surface area contributed by atoms with E-state index in [2.05, 4.69) is 0 Å². The monoisotopic (exact) mass is 375 g/mol. The van der Waals surface area contributed by atoms with Crippen LogP contribution in [0.1, 0.15) is 25.3 Å². The number of likely N-dealkylation sites (tertiary alicyclic amines) is 1. The lowest BCUT2D eigenvalue weighted by Crippen LogP contribution is -2.42. The van der Waals surface area contributed by atoms with Gasteiger partial charge in [-0.3, -0.25) is 9.59 Å². The van der Waals surface area contributed by atoms with E-state index in [1.54, 1.807) is 31.1 Å². The molecule has 7 heteroatoms. The molecule has 1 amide bonds. The zero-order valence-corrected chi connectivity index (χ0v) is 15.7. The number of ether oxygens (including phenoxy) is 3. The van der Waals surface area contributed by atoms with E-state index >= 15 is 0 Å². The minimum Gasteiger partial charge on any atom is -0.496 e. The molecule has 0 radical (unpaired) electrons. The van der Waals surface area contributed by atoms with Gasteiger partial charge >= 0.3 is 11.9 Å². The van der Waals surface area contributed by atoms with E-state index in [0.29, 0.717) is 38.3 Å². The van der Waals surface area contributed by atoms with Gasteiger partial charge in [0, 0.05) is 24.7 Å². The van der Waals surface area contributed by atoms with Crippen molar-refractivity contribution in [3.63, 3.8) is 0 Å². The maximum Gasteiger partial charge on any atom is 0.331 e. The molecule has 1 aromatic carbocycles. The Kier molecular flexibility index (Phi) is 7.85. The number of rotatable bonds is 7. The Bertz CT molecular complexity index is 691. The maximum absolute atomic E-state index is 12.2. The van der Waals surface area contributed by atoms with Gasteiger partial charge in [-0.25, -0.2) is 4.79 Å². The molecular weight excluding hydrogens is 350 g/mol. The quantitative estimate of drug-likeness (QED) is 0.536. The Morgan fingerprint density at radius 1 is 1.15 bits per heavy atom. The smallest absolute Gasteiger partial charge is 0.331 e. The highest BCUT2D eigenvalue weighted by Gasteiger charge is 2.28. The van der Waals surface area contributed by atoms with E-state index < -0.39 is 5.97 Å². The molecule has 0 atom stereocenters. The third kappa shape index (κ3) is 6.13. The number of carbonyl (C=O) groups is 3. The normalized spacial score (nSPS) is 14.8. The lowest BCUT2D eigenvalue weighted by Gasteiger charge is -2.30. The third-order valence-corrected chi connectivity index (χ3v) is 4.34. The van der Waals surface area contributed by atoms with Gasteiger partial charge in [0.2, 0.25) is 0 Å². The summed E-state index contributed by atoms with van der Waals surface area (Å²) in [4.78, 5) is 37.3. The standard InChI is InChI=1S/C20H25NO6/c1-3-26-20(24)16-10-12-21(13-11-16)18(22)14-27-19(23)9-8-15-6-4-5-7-17(15)25-2/h4-9,16H,3,10-14H2,1-2H3/b9-8+. The molecule has 1 fully saturated rings. The number of carbonyl (C=O) groups excluding carboxylic acids is 3. The van der Waals surface area contributed by atoms with E-state index in [1.807, 2.05) is 18.2 Å². The predicted octanol–water partition coefficient (Wildman–Crippen LogP) is 2.05. The minimum atomic E-state index is -0.601. The van der Waals surface area contributed by atoms with Crippen molar-refractivity contribution in [2.24, 2.45) is 5.92 Å². The first-order valence-electron chi connectivity index (χ1n) is 8.97. The van der Waals surface area contributed by atoms with E-state index in [1.165, 1.54) is 6.08 Å². The summed E-state index contributed by atoms with van der Waals surface area (Å²) in [5, 5.41) is 0. The van der Waals surface area contributed by atoms with Crippen LogP contribution < -0.4 is 4.74 Å². The Hall–Kier alpha value is -2.83. The fourth-order valence-corrected chi connectivity index (χ4v) is 2.86. The van der Waals surface area contributed by atoms with Crippen molar-refractivity contribution in [3.05, 3.63) is 35.9 Å². The first kappa shape index (κ1) is 20.5. The molecule has 1 aromatic rings. The van der Waals surface area contributed by atoms with Crippen molar-refractivity contribution in [2.45, 2.75) is 19.8 Å². The highest BCUT2D eigenvalue weighted by Crippen LogP contribution is 2.19. The molecule has 1 heterocycles. The van der Waals surface area contributed by atoms with Gasteiger partial charge in [0.25, 0.3) is 5.91 Å². The van der Waals surface area contributed by atoms with Crippen LogP contribution in [0.25, 0.3) is 6.08 Å². The summed E-state index contributed by atoms with van der Waals surface area (Å²) in [6, 6.07) is 7.26. The van der Waals surface area contributed by atoms with Crippen LogP contribution in [0.15, 0.2) is 30.3 Å². The molecule has 0 saturated carbocycles. The SMILES string of the molecule is CCOC(=O)C1CCN(C(=O)COC(=O)/C=C/c2ccccc2OC)CC1. The van der Waals surface area contributed by atoms with Crippen LogP contribution in [0.5, 0.6) is 5.75 Å². The molecule has 27 heavy (non-hydrogen) atoms. The molecule has 1 aliphatic rings. The van der Waals surface area contributed by atoms with Gasteiger partial charge < -0.3 is 19.1 Å². The first-order valence-corrected chi connectivity index (χ1v) is 8.97. The fourth-order valence-electron chi connectivity index (χ4n) is 2.86. The highest BCUT2D eigenvalue weighted by molar-refractivity contribution is 5.89. The molecule has 1 saturated heterocycles. The van der Waals surface area contributed by atoms with Gasteiger partial charge in [0.15, 0.2) is 6.61 Å². The largest absolute Gasteiger partial charge is 0.496 e. The lowest BCUT2D eigenvalue weighted by atomic mass is 9.97. The molecule has 0 bridgehead atoms. The zero-order chi connectivity index (χ0) is 19.6. The van der Waals surface area contributed by atoms with Crippen molar-refractivity contribution in [2.75, 3.05) is 33.4 Å². The predicted molar refractivity (Wildman–Crippen MR) is 98.9 cm³/mol. The van der Waals surface area contributed by atoms with Crippen LogP contribution in [0, 0.1) is 5.92 Å². The molecule has 0 N–H and O–H groups in total. The van der Waals surface area contributed by atoms with Crippen LogP contribution in [0.3, 0.4) is 0 Å². The Morgan fingerprint density at radius 3 is 2.52 bits per heavy atom. The number of piperidine rings is 1. The minimum absolute atomic E-state index is 0.166. The van der Waals surface area contributed by atoms with Crippen molar-refractivity contribution >= 4 is 23.9 Å². The number of benzene rings is 1. The van der Waals surface area contributed by atoms with Gasteiger partial charge in [-0.15, -0.1) is 0 Å². The van der Waals surface area contributed by atoms with Gasteiger partial charge in [-0.2, -0.15) is 0 Å². The van der Waals surface area contributed by atoms with Gasteiger partial charge in [0.05, 0.1) is 19.6 Å². The summed E-state index contributed by atoms with van der Waals surface area (Å²) in [6.07, 6.45) is 3.97. The molecular formula is C20H25NO6. The second-order valence-corrected chi connectivity index (χ2v) is 6.09. The van der Waals surface area contributed by atoms with E-state index in [-0.39, 0.29) is 24.4 Å². The molecule has 1 aliphatic heterocycles. The number of esters is 2. The summed E-state index contributed by atoms with van der Waals surface area (Å²) in [5.74, 6) is -0.605. The molecule has 0 aliphatic carbocycles. The molecule has 146 valence electrons.